The third-order valence-corrected chi connectivity index (χ3v) is 3.15. The van der Waals surface area contributed by atoms with Gasteiger partial charge in [0.05, 0.1) is 3.57 Å². The molecule has 0 saturated carbocycles. The molecule has 82 valence electrons. The van der Waals surface area contributed by atoms with Gasteiger partial charge >= 0.3 is 5.97 Å². The van der Waals surface area contributed by atoms with Crippen LogP contribution in [0.1, 0.15) is 13.3 Å². The lowest BCUT2D eigenvalue weighted by atomic mass is 10.3. The number of rotatable bonds is 4. The van der Waals surface area contributed by atoms with Crippen LogP contribution < -0.4 is 4.74 Å². The second-order valence-electron chi connectivity index (χ2n) is 2.93. The number of hydrogen-bond donors (Lipinski definition) is 1. The summed E-state index contributed by atoms with van der Waals surface area (Å²) in [6.07, 6.45) is -0.332. The molecule has 1 atom stereocenters. The highest BCUT2D eigenvalue weighted by Gasteiger charge is 2.17. The Morgan fingerprint density at radius 2 is 2.33 bits per heavy atom. The molecule has 1 N–H and O–H groups in total. The molecule has 3 nitrogen and oxygen atoms in total. The number of ether oxygens (including phenoxy) is 1. The molecule has 1 aromatic carbocycles. The minimum atomic E-state index is -0.934. The van der Waals surface area contributed by atoms with Crippen molar-refractivity contribution in [2.24, 2.45) is 0 Å². The lowest BCUT2D eigenvalue weighted by Crippen LogP contribution is -2.26. The van der Waals surface area contributed by atoms with E-state index in [1.165, 1.54) is 0 Å². The van der Waals surface area contributed by atoms with Crippen LogP contribution in [0.25, 0.3) is 0 Å². The summed E-state index contributed by atoms with van der Waals surface area (Å²) in [7, 11) is 0. The second kappa shape index (κ2) is 5.69. The smallest absolute Gasteiger partial charge is 0.344 e. The van der Waals surface area contributed by atoms with Crippen molar-refractivity contribution in [2.45, 2.75) is 19.4 Å². The number of carbonyl (C=O) groups is 1. The van der Waals surface area contributed by atoms with E-state index in [-0.39, 0.29) is 0 Å². The maximum Gasteiger partial charge on any atom is 0.344 e. The molecule has 15 heavy (non-hydrogen) atoms. The van der Waals surface area contributed by atoms with Gasteiger partial charge in [0.15, 0.2) is 6.10 Å². The molecule has 1 rings (SSSR count). The highest BCUT2D eigenvalue weighted by atomic mass is 127. The van der Waals surface area contributed by atoms with Crippen molar-refractivity contribution >= 4 is 44.5 Å². The summed E-state index contributed by atoms with van der Waals surface area (Å²) in [6.45, 7) is 1.78. The van der Waals surface area contributed by atoms with Crippen LogP contribution in [0.15, 0.2) is 22.7 Å². The molecule has 1 unspecified atom stereocenters. The minimum Gasteiger partial charge on any atom is -0.479 e. The molecular formula is C10H10BrIO3. The zero-order valence-corrected chi connectivity index (χ0v) is 11.8. The summed E-state index contributed by atoms with van der Waals surface area (Å²) in [4.78, 5) is 10.8. The first-order valence-corrected chi connectivity index (χ1v) is 6.26. The first kappa shape index (κ1) is 12.8. The second-order valence-corrected chi connectivity index (χ2v) is 5.01. The van der Waals surface area contributed by atoms with Crippen molar-refractivity contribution in [1.82, 2.24) is 0 Å². The van der Waals surface area contributed by atoms with Crippen molar-refractivity contribution in [3.63, 3.8) is 0 Å². The normalized spacial score (nSPS) is 12.2. The molecule has 0 aromatic heterocycles. The van der Waals surface area contributed by atoms with E-state index in [0.29, 0.717) is 12.2 Å². The van der Waals surface area contributed by atoms with Gasteiger partial charge in [0.2, 0.25) is 0 Å². The summed E-state index contributed by atoms with van der Waals surface area (Å²) in [6, 6.07) is 5.47. The van der Waals surface area contributed by atoms with Gasteiger partial charge in [-0.05, 0) is 47.2 Å². The van der Waals surface area contributed by atoms with Gasteiger partial charge in [-0.1, -0.05) is 22.9 Å². The number of aliphatic carboxylic acids is 1. The van der Waals surface area contributed by atoms with Gasteiger partial charge in [-0.3, -0.25) is 0 Å². The molecule has 0 aliphatic heterocycles. The van der Waals surface area contributed by atoms with Gasteiger partial charge in [-0.25, -0.2) is 4.79 Å². The number of carboxylic acid groups (broad SMARTS) is 1. The Bertz CT molecular complexity index is 368. The first-order valence-electron chi connectivity index (χ1n) is 4.39. The summed E-state index contributed by atoms with van der Waals surface area (Å²) in [5.41, 5.74) is 0. The third kappa shape index (κ3) is 3.64. The van der Waals surface area contributed by atoms with E-state index in [1.54, 1.807) is 13.0 Å². The molecule has 0 aliphatic carbocycles. The Balaban J connectivity index is 2.84. The lowest BCUT2D eigenvalue weighted by molar-refractivity contribution is -0.145. The fourth-order valence-electron chi connectivity index (χ4n) is 1.03. The van der Waals surface area contributed by atoms with E-state index in [0.717, 1.165) is 8.04 Å². The van der Waals surface area contributed by atoms with E-state index < -0.39 is 12.1 Å². The van der Waals surface area contributed by atoms with Crippen LogP contribution in [-0.4, -0.2) is 17.2 Å². The van der Waals surface area contributed by atoms with Crippen molar-refractivity contribution in [3.05, 3.63) is 26.2 Å². The fourth-order valence-corrected chi connectivity index (χ4v) is 2.46. The molecule has 0 fully saturated rings. The standard InChI is InChI=1S/C10H10BrIO3/c1-2-8(10(13)14)15-9-4-3-6(11)5-7(9)12/h3-5,8H,2H2,1H3,(H,13,14). The number of benzene rings is 1. The summed E-state index contributed by atoms with van der Waals surface area (Å²) in [5.74, 6) is -0.329. The Hall–Kier alpha value is -0.300. The van der Waals surface area contributed by atoms with Crippen LogP contribution in [0.5, 0.6) is 5.75 Å². The molecule has 0 saturated heterocycles. The molecule has 0 aliphatic rings. The molecule has 0 amide bonds. The molecule has 0 radical (unpaired) electrons. The van der Waals surface area contributed by atoms with Gasteiger partial charge < -0.3 is 9.84 Å². The van der Waals surface area contributed by atoms with Gasteiger partial charge in [-0.2, -0.15) is 0 Å². The first-order chi connectivity index (χ1) is 7.04. The zero-order chi connectivity index (χ0) is 11.4. The highest BCUT2D eigenvalue weighted by molar-refractivity contribution is 14.1. The SMILES string of the molecule is CCC(Oc1ccc(Br)cc1I)C(=O)O. The van der Waals surface area contributed by atoms with E-state index >= 15 is 0 Å². The van der Waals surface area contributed by atoms with E-state index in [9.17, 15) is 4.79 Å². The minimum absolute atomic E-state index is 0.446. The quantitative estimate of drug-likeness (QED) is 0.810. The Morgan fingerprint density at radius 1 is 1.67 bits per heavy atom. The predicted octanol–water partition coefficient (Wildman–Crippen LogP) is 3.30. The van der Waals surface area contributed by atoms with Crippen LogP contribution in [0.3, 0.4) is 0 Å². The number of carboxylic acids is 1. The van der Waals surface area contributed by atoms with Gasteiger partial charge in [-0.15, -0.1) is 0 Å². The number of halogens is 2. The van der Waals surface area contributed by atoms with Crippen molar-refractivity contribution in [2.75, 3.05) is 0 Å². The predicted molar refractivity (Wildman–Crippen MR) is 69.2 cm³/mol. The maximum absolute atomic E-state index is 10.8. The van der Waals surface area contributed by atoms with Gasteiger partial charge in [0.1, 0.15) is 5.75 Å². The van der Waals surface area contributed by atoms with Crippen molar-refractivity contribution < 1.29 is 14.6 Å². The highest BCUT2D eigenvalue weighted by Crippen LogP contribution is 2.25. The van der Waals surface area contributed by atoms with Crippen LogP contribution in [0.2, 0.25) is 0 Å². The largest absolute Gasteiger partial charge is 0.479 e. The van der Waals surface area contributed by atoms with Gasteiger partial charge in [0.25, 0.3) is 0 Å². The summed E-state index contributed by atoms with van der Waals surface area (Å²) in [5, 5.41) is 8.84. The zero-order valence-electron chi connectivity index (χ0n) is 8.04. The van der Waals surface area contributed by atoms with Crippen LogP contribution in [0, 0.1) is 3.57 Å². The average Bonchev–Trinajstić information content (AvgIpc) is 2.16. The summed E-state index contributed by atoms with van der Waals surface area (Å²) >= 11 is 5.44. The Morgan fingerprint density at radius 3 is 2.80 bits per heavy atom. The lowest BCUT2D eigenvalue weighted by Gasteiger charge is -2.14. The fraction of sp³-hybridized carbons (Fsp3) is 0.300. The van der Waals surface area contributed by atoms with Crippen LogP contribution in [0.4, 0.5) is 0 Å². The van der Waals surface area contributed by atoms with Gasteiger partial charge in [0, 0.05) is 4.47 Å². The molecule has 0 heterocycles. The van der Waals surface area contributed by atoms with Crippen LogP contribution >= 0.6 is 38.5 Å². The average molecular weight is 385 g/mol. The van der Waals surface area contributed by atoms with Crippen LogP contribution in [-0.2, 0) is 4.79 Å². The Kier molecular flexibility index (Phi) is 4.85. The molecular weight excluding hydrogens is 375 g/mol. The number of hydrogen-bond acceptors (Lipinski definition) is 2. The topological polar surface area (TPSA) is 46.5 Å². The van der Waals surface area contributed by atoms with Crippen molar-refractivity contribution in [3.8, 4) is 5.75 Å². The van der Waals surface area contributed by atoms with E-state index in [2.05, 4.69) is 38.5 Å². The molecule has 0 spiro atoms. The molecule has 0 bridgehead atoms. The van der Waals surface area contributed by atoms with E-state index in [1.807, 2.05) is 12.1 Å². The molecule has 5 heteroatoms. The monoisotopic (exact) mass is 384 g/mol. The Labute approximate surface area is 110 Å². The van der Waals surface area contributed by atoms with Crippen molar-refractivity contribution in [1.29, 1.82) is 0 Å². The summed E-state index contributed by atoms with van der Waals surface area (Å²) < 4.78 is 7.22. The maximum atomic E-state index is 10.8. The molecule has 1 aromatic rings. The van der Waals surface area contributed by atoms with E-state index in [4.69, 9.17) is 9.84 Å². The third-order valence-electron chi connectivity index (χ3n) is 1.81.